The van der Waals surface area contributed by atoms with Gasteiger partial charge in [0.2, 0.25) is 0 Å². The van der Waals surface area contributed by atoms with Crippen molar-refractivity contribution in [1.29, 1.82) is 0 Å². The van der Waals surface area contributed by atoms with Crippen LogP contribution in [0.1, 0.15) is 5.56 Å². The molecule has 0 radical (unpaired) electrons. The van der Waals surface area contributed by atoms with Gasteiger partial charge in [0.1, 0.15) is 5.82 Å². The van der Waals surface area contributed by atoms with E-state index >= 15 is 0 Å². The molecule has 0 aliphatic rings. The standard InChI is InChI=1S/C14H13F3N4/c1-20-10(11-7-12(18)19-21(11)2)6-8-4-3-5-9(13(8)20)14(15,16)17/h3-7H,1-2H3,(H2,18,19). The van der Waals surface area contributed by atoms with Crippen LogP contribution in [0.15, 0.2) is 30.3 Å². The van der Waals surface area contributed by atoms with Gasteiger partial charge in [-0.2, -0.15) is 18.3 Å². The first-order valence-corrected chi connectivity index (χ1v) is 6.24. The Morgan fingerprint density at radius 2 is 1.81 bits per heavy atom. The molecule has 0 spiro atoms. The average Bonchev–Trinajstić information content (AvgIpc) is 2.88. The molecule has 2 N–H and O–H groups in total. The molecule has 0 saturated heterocycles. The van der Waals surface area contributed by atoms with Gasteiger partial charge in [0.25, 0.3) is 0 Å². The van der Waals surface area contributed by atoms with Gasteiger partial charge in [-0.15, -0.1) is 0 Å². The van der Waals surface area contributed by atoms with E-state index in [0.29, 0.717) is 22.6 Å². The van der Waals surface area contributed by atoms with Gasteiger partial charge < -0.3 is 10.3 Å². The molecule has 3 rings (SSSR count). The molecule has 0 atom stereocenters. The molecule has 0 fully saturated rings. The van der Waals surface area contributed by atoms with Crippen molar-refractivity contribution in [2.45, 2.75) is 6.18 Å². The largest absolute Gasteiger partial charge is 0.418 e. The average molecular weight is 294 g/mol. The van der Waals surface area contributed by atoms with Crippen LogP contribution < -0.4 is 5.73 Å². The van der Waals surface area contributed by atoms with Gasteiger partial charge in [-0.25, -0.2) is 0 Å². The summed E-state index contributed by atoms with van der Waals surface area (Å²) in [6, 6.07) is 7.51. The van der Waals surface area contributed by atoms with Gasteiger partial charge in [-0.05, 0) is 12.1 Å². The van der Waals surface area contributed by atoms with E-state index in [4.69, 9.17) is 5.73 Å². The van der Waals surface area contributed by atoms with Gasteiger partial charge in [0.05, 0.1) is 22.5 Å². The number of benzene rings is 1. The second-order valence-electron chi connectivity index (χ2n) is 4.91. The van der Waals surface area contributed by atoms with Crippen molar-refractivity contribution in [1.82, 2.24) is 14.3 Å². The summed E-state index contributed by atoms with van der Waals surface area (Å²) in [7, 11) is 3.31. The minimum absolute atomic E-state index is 0.153. The van der Waals surface area contributed by atoms with Gasteiger partial charge >= 0.3 is 6.18 Å². The third-order valence-corrected chi connectivity index (χ3v) is 3.52. The highest BCUT2D eigenvalue weighted by Gasteiger charge is 2.34. The Morgan fingerprint density at radius 3 is 2.38 bits per heavy atom. The van der Waals surface area contributed by atoms with Crippen LogP contribution in [0.5, 0.6) is 0 Å². The molecule has 0 amide bonds. The van der Waals surface area contributed by atoms with Crippen molar-refractivity contribution in [3.63, 3.8) is 0 Å². The number of para-hydroxylation sites is 1. The van der Waals surface area contributed by atoms with Crippen molar-refractivity contribution in [3.05, 3.63) is 35.9 Å². The third-order valence-electron chi connectivity index (χ3n) is 3.52. The first kappa shape index (κ1) is 13.5. The predicted molar refractivity (Wildman–Crippen MR) is 74.5 cm³/mol. The zero-order valence-electron chi connectivity index (χ0n) is 11.4. The molecule has 0 aliphatic carbocycles. The van der Waals surface area contributed by atoms with Crippen LogP contribution in [-0.4, -0.2) is 14.3 Å². The minimum atomic E-state index is -4.39. The van der Waals surface area contributed by atoms with Crippen LogP contribution in [0.4, 0.5) is 19.0 Å². The summed E-state index contributed by atoms with van der Waals surface area (Å²) in [5, 5.41) is 4.56. The number of aryl methyl sites for hydroxylation is 2. The highest BCUT2D eigenvalue weighted by Crippen LogP contribution is 2.37. The fourth-order valence-electron chi connectivity index (χ4n) is 2.62. The summed E-state index contributed by atoms with van der Waals surface area (Å²) >= 11 is 0. The molecule has 2 heterocycles. The van der Waals surface area contributed by atoms with Crippen LogP contribution in [0.3, 0.4) is 0 Å². The summed E-state index contributed by atoms with van der Waals surface area (Å²) in [5.41, 5.74) is 6.44. The zero-order valence-corrected chi connectivity index (χ0v) is 11.4. The number of anilines is 1. The van der Waals surface area contributed by atoms with E-state index in [2.05, 4.69) is 5.10 Å². The molecule has 0 unspecified atom stereocenters. The van der Waals surface area contributed by atoms with Crippen LogP contribution in [-0.2, 0) is 20.3 Å². The van der Waals surface area contributed by atoms with E-state index in [0.717, 1.165) is 6.07 Å². The van der Waals surface area contributed by atoms with E-state index in [1.807, 2.05) is 0 Å². The van der Waals surface area contributed by atoms with Crippen molar-refractivity contribution in [3.8, 4) is 11.4 Å². The smallest absolute Gasteiger partial charge is 0.382 e. The third kappa shape index (κ3) is 2.05. The fraction of sp³-hybridized carbons (Fsp3) is 0.214. The van der Waals surface area contributed by atoms with E-state index in [-0.39, 0.29) is 5.52 Å². The van der Waals surface area contributed by atoms with Crippen LogP contribution >= 0.6 is 0 Å². The molecule has 1 aromatic carbocycles. The lowest BCUT2D eigenvalue weighted by molar-refractivity contribution is -0.136. The number of hydrogen-bond acceptors (Lipinski definition) is 2. The Labute approximate surface area is 118 Å². The molecule has 0 aliphatic heterocycles. The van der Waals surface area contributed by atoms with Crippen LogP contribution in [0.2, 0.25) is 0 Å². The summed E-state index contributed by atoms with van der Waals surface area (Å²) in [6.07, 6.45) is -4.39. The van der Waals surface area contributed by atoms with Gasteiger partial charge in [-0.3, -0.25) is 4.68 Å². The minimum Gasteiger partial charge on any atom is -0.382 e. The molecule has 3 aromatic rings. The monoisotopic (exact) mass is 294 g/mol. The Bertz CT molecular complexity index is 827. The van der Waals surface area contributed by atoms with Crippen LogP contribution in [0.25, 0.3) is 22.3 Å². The molecule has 2 aromatic heterocycles. The Kier molecular flexibility index (Phi) is 2.76. The SMILES string of the molecule is Cn1nc(N)cc1-c1cc2cccc(C(F)(F)F)c2n1C. The molecule has 7 heteroatoms. The maximum atomic E-state index is 13.1. The van der Waals surface area contributed by atoms with Crippen molar-refractivity contribution >= 4 is 16.7 Å². The Hall–Kier alpha value is -2.44. The summed E-state index contributed by atoms with van der Waals surface area (Å²) in [5.74, 6) is 0.328. The number of nitrogens with zero attached hydrogens (tertiary/aromatic N) is 3. The van der Waals surface area contributed by atoms with Gasteiger partial charge in [0.15, 0.2) is 0 Å². The number of nitrogens with two attached hydrogens (primary N) is 1. The first-order chi connectivity index (χ1) is 9.79. The van der Waals surface area contributed by atoms with E-state index < -0.39 is 11.7 Å². The number of fused-ring (bicyclic) bond motifs is 1. The number of rotatable bonds is 1. The summed E-state index contributed by atoms with van der Waals surface area (Å²) < 4.78 is 42.5. The highest BCUT2D eigenvalue weighted by atomic mass is 19.4. The van der Waals surface area contributed by atoms with Gasteiger partial charge in [0, 0.05) is 25.5 Å². The summed E-state index contributed by atoms with van der Waals surface area (Å²) in [4.78, 5) is 0. The van der Waals surface area contributed by atoms with Gasteiger partial charge in [-0.1, -0.05) is 12.1 Å². The first-order valence-electron chi connectivity index (χ1n) is 6.24. The number of halogens is 3. The zero-order chi connectivity index (χ0) is 15.4. The second kappa shape index (κ2) is 4.28. The maximum absolute atomic E-state index is 13.1. The van der Waals surface area contributed by atoms with Crippen molar-refractivity contribution < 1.29 is 13.2 Å². The lowest BCUT2D eigenvalue weighted by atomic mass is 10.1. The molecule has 110 valence electrons. The topological polar surface area (TPSA) is 48.8 Å². The fourth-order valence-corrected chi connectivity index (χ4v) is 2.62. The molecule has 4 nitrogen and oxygen atoms in total. The van der Waals surface area contributed by atoms with Crippen molar-refractivity contribution in [2.24, 2.45) is 14.1 Å². The lowest BCUT2D eigenvalue weighted by Crippen LogP contribution is -2.08. The number of hydrogen-bond donors (Lipinski definition) is 1. The number of nitrogen functional groups attached to an aromatic ring is 1. The van der Waals surface area contributed by atoms with E-state index in [1.54, 1.807) is 37.0 Å². The molecule has 0 saturated carbocycles. The molecular formula is C14H13F3N4. The number of alkyl halides is 3. The maximum Gasteiger partial charge on any atom is 0.418 e. The molecule has 0 bridgehead atoms. The van der Waals surface area contributed by atoms with Crippen LogP contribution in [0, 0.1) is 0 Å². The molecular weight excluding hydrogens is 281 g/mol. The lowest BCUT2D eigenvalue weighted by Gasteiger charge is -2.11. The highest BCUT2D eigenvalue weighted by molar-refractivity contribution is 5.89. The summed E-state index contributed by atoms with van der Waals surface area (Å²) in [6.45, 7) is 0. The second-order valence-corrected chi connectivity index (χ2v) is 4.91. The van der Waals surface area contributed by atoms with E-state index in [9.17, 15) is 13.2 Å². The van der Waals surface area contributed by atoms with Crippen molar-refractivity contribution in [2.75, 3.05) is 5.73 Å². The quantitative estimate of drug-likeness (QED) is 0.749. The Balaban J connectivity index is 2.33. The normalized spacial score (nSPS) is 12.2. The van der Waals surface area contributed by atoms with E-state index in [1.165, 1.54) is 10.6 Å². The number of aromatic nitrogens is 3. The predicted octanol–water partition coefficient (Wildman–Crippen LogP) is 3.18. The molecule has 21 heavy (non-hydrogen) atoms. The Morgan fingerprint density at radius 1 is 1.10 bits per heavy atom.